The van der Waals surface area contributed by atoms with E-state index < -0.39 is 6.10 Å². The van der Waals surface area contributed by atoms with Gasteiger partial charge in [0.25, 0.3) is 0 Å². The third-order valence-electron chi connectivity index (χ3n) is 3.61. The Kier molecular flexibility index (Phi) is 6.00. The van der Waals surface area contributed by atoms with Crippen LogP contribution in [0.3, 0.4) is 0 Å². The predicted octanol–water partition coefficient (Wildman–Crippen LogP) is 4.53. The Labute approximate surface area is 134 Å². The van der Waals surface area contributed by atoms with E-state index in [2.05, 4.69) is 22.9 Å². The van der Waals surface area contributed by atoms with Crippen LogP contribution in [0.25, 0.3) is 0 Å². The number of carbonyl (C=O) groups is 1. The van der Waals surface area contributed by atoms with Crippen molar-refractivity contribution in [2.24, 2.45) is 0 Å². The molecule has 4 heteroatoms. The van der Waals surface area contributed by atoms with Crippen molar-refractivity contribution in [3.8, 4) is 0 Å². The number of halogens is 1. The fraction of sp³-hybridized carbons (Fsp3) is 0.471. The normalized spacial score (nSPS) is 22.2. The first-order chi connectivity index (χ1) is 10.1. The predicted molar refractivity (Wildman–Crippen MR) is 86.2 cm³/mol. The van der Waals surface area contributed by atoms with Gasteiger partial charge in [0.1, 0.15) is 0 Å². The van der Waals surface area contributed by atoms with E-state index in [1.807, 2.05) is 37.3 Å². The van der Waals surface area contributed by atoms with Crippen molar-refractivity contribution in [2.45, 2.75) is 45.3 Å². The lowest BCUT2D eigenvalue weighted by atomic mass is 9.99. The molecule has 0 unspecified atom stereocenters. The van der Waals surface area contributed by atoms with Crippen LogP contribution in [0.15, 0.2) is 40.4 Å². The highest BCUT2D eigenvalue weighted by molar-refractivity contribution is 9.11. The summed E-state index contributed by atoms with van der Waals surface area (Å²) in [5.74, 6) is -0.293. The topological polar surface area (TPSA) is 35.5 Å². The molecule has 0 saturated heterocycles. The van der Waals surface area contributed by atoms with Crippen molar-refractivity contribution in [1.82, 2.24) is 0 Å². The summed E-state index contributed by atoms with van der Waals surface area (Å²) < 4.78 is 12.3. The molecule has 1 aromatic carbocycles. The van der Waals surface area contributed by atoms with Gasteiger partial charge in [0.2, 0.25) is 0 Å². The quantitative estimate of drug-likeness (QED) is 0.576. The number of unbranched alkanes of at least 4 members (excludes halogenated alkanes) is 1. The summed E-state index contributed by atoms with van der Waals surface area (Å²) in [6, 6.07) is 9.97. The van der Waals surface area contributed by atoms with Crippen LogP contribution in [-0.4, -0.2) is 18.7 Å². The van der Waals surface area contributed by atoms with Gasteiger partial charge in [-0.3, -0.25) is 0 Å². The molecular weight excluding hydrogens is 332 g/mol. The largest absolute Gasteiger partial charge is 0.464 e. The molecule has 0 amide bonds. The zero-order chi connectivity index (χ0) is 15.2. The minimum Gasteiger partial charge on any atom is -0.464 e. The Morgan fingerprint density at radius 1 is 1.38 bits per heavy atom. The van der Waals surface area contributed by atoms with Gasteiger partial charge in [-0.25, -0.2) is 4.79 Å². The molecule has 1 aliphatic rings. The van der Waals surface area contributed by atoms with Gasteiger partial charge in [-0.15, -0.1) is 0 Å². The molecule has 1 heterocycles. The molecule has 1 aliphatic heterocycles. The third kappa shape index (κ3) is 4.17. The van der Waals surface area contributed by atoms with Gasteiger partial charge in [-0.1, -0.05) is 59.6 Å². The Morgan fingerprint density at radius 2 is 2.10 bits per heavy atom. The van der Waals surface area contributed by atoms with Gasteiger partial charge in [0.15, 0.2) is 6.10 Å². The molecule has 1 aromatic rings. The van der Waals surface area contributed by atoms with E-state index in [-0.39, 0.29) is 12.1 Å². The minimum atomic E-state index is -0.616. The summed E-state index contributed by atoms with van der Waals surface area (Å²) in [4.78, 5) is 12.2. The summed E-state index contributed by atoms with van der Waals surface area (Å²) >= 11 is 3.57. The van der Waals surface area contributed by atoms with Gasteiger partial charge in [0.05, 0.1) is 12.7 Å². The summed E-state index contributed by atoms with van der Waals surface area (Å²) in [5, 5.41) is 0. The molecule has 114 valence electrons. The average Bonchev–Trinajstić information content (AvgIpc) is 2.51. The van der Waals surface area contributed by atoms with Crippen LogP contribution in [0.1, 0.15) is 44.8 Å². The summed E-state index contributed by atoms with van der Waals surface area (Å²) in [6.07, 6.45) is 1.89. The Bertz CT molecular complexity index is 510. The number of hydrogen-bond donors (Lipinski definition) is 0. The number of carbonyl (C=O) groups excluding carboxylic acids is 1. The van der Waals surface area contributed by atoms with E-state index in [4.69, 9.17) is 9.47 Å². The van der Waals surface area contributed by atoms with Crippen LogP contribution < -0.4 is 0 Å². The first-order valence-electron chi connectivity index (χ1n) is 7.35. The molecule has 0 aromatic heterocycles. The van der Waals surface area contributed by atoms with Crippen LogP contribution in [0, 0.1) is 0 Å². The van der Waals surface area contributed by atoms with Crippen molar-refractivity contribution in [2.75, 3.05) is 6.61 Å². The molecular formula is C17H21BrO3. The summed E-state index contributed by atoms with van der Waals surface area (Å²) in [5.41, 5.74) is 1.98. The first kappa shape index (κ1) is 16.2. The van der Waals surface area contributed by atoms with Crippen LogP contribution in [0.5, 0.6) is 0 Å². The van der Waals surface area contributed by atoms with Gasteiger partial charge >= 0.3 is 5.97 Å². The number of esters is 1. The Balaban J connectivity index is 2.10. The van der Waals surface area contributed by atoms with Crippen molar-refractivity contribution in [3.63, 3.8) is 0 Å². The standard InChI is InChI=1S/C17H21BrO3/c1-3-4-10-20-17(19)16-12(2)14(18)11-15(21-16)13-8-6-5-7-9-13/h5-9,15-16H,3-4,10-11H2,1-2H3/t15-,16-/m0/s1. The van der Waals surface area contributed by atoms with E-state index in [0.717, 1.165) is 34.9 Å². The Hall–Kier alpha value is -1.13. The van der Waals surface area contributed by atoms with E-state index >= 15 is 0 Å². The molecule has 0 fully saturated rings. The molecule has 0 saturated carbocycles. The van der Waals surface area contributed by atoms with Gasteiger partial charge in [-0.2, -0.15) is 0 Å². The number of rotatable bonds is 5. The zero-order valence-corrected chi connectivity index (χ0v) is 14.1. The van der Waals surface area contributed by atoms with Crippen molar-refractivity contribution < 1.29 is 14.3 Å². The zero-order valence-electron chi connectivity index (χ0n) is 12.5. The van der Waals surface area contributed by atoms with E-state index in [1.54, 1.807) is 0 Å². The van der Waals surface area contributed by atoms with Gasteiger partial charge < -0.3 is 9.47 Å². The second-order valence-corrected chi connectivity index (χ2v) is 6.19. The Morgan fingerprint density at radius 3 is 2.76 bits per heavy atom. The third-order valence-corrected chi connectivity index (χ3v) is 4.56. The fourth-order valence-electron chi connectivity index (χ4n) is 2.27. The summed E-state index contributed by atoms with van der Waals surface area (Å²) in [7, 11) is 0. The summed E-state index contributed by atoms with van der Waals surface area (Å²) in [6.45, 7) is 4.44. The lowest BCUT2D eigenvalue weighted by Crippen LogP contribution is -2.33. The molecule has 0 aliphatic carbocycles. The molecule has 2 rings (SSSR count). The molecule has 0 radical (unpaired) electrons. The number of hydrogen-bond acceptors (Lipinski definition) is 3. The van der Waals surface area contributed by atoms with Crippen molar-refractivity contribution in [3.05, 3.63) is 46.0 Å². The number of ether oxygens (including phenoxy) is 2. The molecule has 2 atom stereocenters. The van der Waals surface area contributed by atoms with Gasteiger partial charge in [-0.05, 0) is 24.5 Å². The maximum Gasteiger partial charge on any atom is 0.339 e. The highest BCUT2D eigenvalue weighted by Crippen LogP contribution is 2.37. The number of benzene rings is 1. The van der Waals surface area contributed by atoms with Crippen LogP contribution in [-0.2, 0) is 14.3 Å². The smallest absolute Gasteiger partial charge is 0.339 e. The SMILES string of the molecule is CCCCOC(=O)[C@H]1O[C@H](c2ccccc2)CC(Br)=C1C. The fourth-order valence-corrected chi connectivity index (χ4v) is 2.77. The lowest BCUT2D eigenvalue weighted by molar-refractivity contribution is -0.159. The van der Waals surface area contributed by atoms with E-state index in [0.29, 0.717) is 6.61 Å². The van der Waals surface area contributed by atoms with E-state index in [9.17, 15) is 4.79 Å². The second kappa shape index (κ2) is 7.76. The molecule has 0 N–H and O–H groups in total. The highest BCUT2D eigenvalue weighted by Gasteiger charge is 2.33. The monoisotopic (exact) mass is 352 g/mol. The van der Waals surface area contributed by atoms with Crippen LogP contribution >= 0.6 is 15.9 Å². The van der Waals surface area contributed by atoms with E-state index in [1.165, 1.54) is 0 Å². The molecule has 0 spiro atoms. The highest BCUT2D eigenvalue weighted by atomic mass is 79.9. The van der Waals surface area contributed by atoms with Gasteiger partial charge in [0, 0.05) is 10.9 Å². The molecule has 0 bridgehead atoms. The average molecular weight is 353 g/mol. The lowest BCUT2D eigenvalue weighted by Gasteiger charge is -2.30. The molecule has 3 nitrogen and oxygen atoms in total. The maximum absolute atomic E-state index is 12.2. The van der Waals surface area contributed by atoms with Crippen LogP contribution in [0.2, 0.25) is 0 Å². The maximum atomic E-state index is 12.2. The van der Waals surface area contributed by atoms with Crippen molar-refractivity contribution in [1.29, 1.82) is 0 Å². The molecule has 21 heavy (non-hydrogen) atoms. The second-order valence-electron chi connectivity index (χ2n) is 5.23. The minimum absolute atomic E-state index is 0.118. The van der Waals surface area contributed by atoms with Crippen molar-refractivity contribution >= 4 is 21.9 Å². The van der Waals surface area contributed by atoms with Crippen LogP contribution in [0.4, 0.5) is 0 Å². The first-order valence-corrected chi connectivity index (χ1v) is 8.15.